The van der Waals surface area contributed by atoms with Crippen LogP contribution in [0, 0.1) is 5.41 Å². The second kappa shape index (κ2) is 6.23. The summed E-state index contributed by atoms with van der Waals surface area (Å²) in [5.74, 6) is 0.478. The fraction of sp³-hybridized carbons (Fsp3) is 0.800. The molecule has 0 radical (unpaired) electrons. The Morgan fingerprint density at radius 1 is 1.26 bits per heavy atom. The maximum absolute atomic E-state index is 4.87. The van der Waals surface area contributed by atoms with E-state index in [-0.39, 0.29) is 5.41 Å². The monoisotopic (exact) mass is 283 g/mol. The molecule has 1 rings (SSSR count). The van der Waals surface area contributed by atoms with Gasteiger partial charge in [-0.05, 0) is 25.3 Å². The quantitative estimate of drug-likeness (QED) is 0.889. The molecule has 0 aliphatic carbocycles. The fourth-order valence-corrected chi connectivity index (χ4v) is 3.26. The van der Waals surface area contributed by atoms with Crippen molar-refractivity contribution < 1.29 is 0 Å². The molecule has 0 saturated carbocycles. The zero-order valence-electron chi connectivity index (χ0n) is 13.7. The molecule has 1 heterocycles. The Kier molecular flexibility index (Phi) is 5.39. The molecular formula is C15H29N3S. The van der Waals surface area contributed by atoms with E-state index in [2.05, 4.69) is 58.8 Å². The molecule has 0 bridgehead atoms. The zero-order valence-corrected chi connectivity index (χ0v) is 14.5. The first-order valence-corrected chi connectivity index (χ1v) is 7.87. The van der Waals surface area contributed by atoms with Gasteiger partial charge in [0.1, 0.15) is 0 Å². The van der Waals surface area contributed by atoms with Gasteiger partial charge in [-0.15, -0.1) is 11.3 Å². The first-order chi connectivity index (χ1) is 8.68. The molecule has 4 heteroatoms. The van der Waals surface area contributed by atoms with Crippen molar-refractivity contribution in [3.63, 3.8) is 0 Å². The van der Waals surface area contributed by atoms with Crippen molar-refractivity contribution >= 4 is 16.5 Å². The molecular weight excluding hydrogens is 254 g/mol. The molecule has 1 aromatic heterocycles. The molecule has 0 aromatic carbocycles. The van der Waals surface area contributed by atoms with Crippen LogP contribution in [0.15, 0.2) is 0 Å². The number of nitrogens with one attached hydrogen (secondary N) is 1. The van der Waals surface area contributed by atoms with Crippen molar-refractivity contribution in [1.82, 2.24) is 10.3 Å². The van der Waals surface area contributed by atoms with Crippen molar-refractivity contribution in [2.45, 2.75) is 60.0 Å². The van der Waals surface area contributed by atoms with Crippen LogP contribution in [-0.4, -0.2) is 25.1 Å². The Balaban J connectivity index is 3.04. The standard InChI is InChI=1S/C15H29N3S/c1-10(2)13-12(9-16-7)19-14(17-13)18(8)11(3)15(4,5)6/h10-11,16H,9H2,1-8H3. The molecule has 0 spiro atoms. The van der Waals surface area contributed by atoms with Gasteiger partial charge in [-0.2, -0.15) is 0 Å². The Labute approximate surface area is 122 Å². The second-order valence-electron chi connectivity index (χ2n) is 6.64. The molecule has 0 aliphatic heterocycles. The Bertz CT molecular complexity index is 404. The van der Waals surface area contributed by atoms with E-state index in [1.165, 1.54) is 10.6 Å². The van der Waals surface area contributed by atoms with E-state index in [0.717, 1.165) is 11.7 Å². The van der Waals surface area contributed by atoms with Crippen LogP contribution in [0.3, 0.4) is 0 Å². The smallest absolute Gasteiger partial charge is 0.185 e. The average Bonchev–Trinajstić information content (AvgIpc) is 2.70. The van der Waals surface area contributed by atoms with Gasteiger partial charge in [0.2, 0.25) is 0 Å². The molecule has 1 N–H and O–H groups in total. The third kappa shape index (κ3) is 3.93. The van der Waals surface area contributed by atoms with Gasteiger partial charge in [-0.3, -0.25) is 0 Å². The molecule has 110 valence electrons. The second-order valence-corrected chi connectivity index (χ2v) is 7.70. The van der Waals surface area contributed by atoms with E-state index in [1.54, 1.807) is 0 Å². The summed E-state index contributed by atoms with van der Waals surface area (Å²) in [5, 5.41) is 4.38. The average molecular weight is 283 g/mol. The summed E-state index contributed by atoms with van der Waals surface area (Å²) in [6, 6.07) is 0.459. The summed E-state index contributed by atoms with van der Waals surface area (Å²) in [7, 11) is 4.15. The number of nitrogens with zero attached hydrogens (tertiary/aromatic N) is 2. The Morgan fingerprint density at radius 2 is 1.84 bits per heavy atom. The zero-order chi connectivity index (χ0) is 14.8. The molecule has 0 saturated heterocycles. The van der Waals surface area contributed by atoms with Gasteiger partial charge in [-0.25, -0.2) is 4.98 Å². The number of aromatic nitrogens is 1. The highest BCUT2D eigenvalue weighted by Gasteiger charge is 2.26. The topological polar surface area (TPSA) is 28.2 Å². The van der Waals surface area contributed by atoms with Crippen LogP contribution in [0.5, 0.6) is 0 Å². The van der Waals surface area contributed by atoms with E-state index < -0.39 is 0 Å². The van der Waals surface area contributed by atoms with Crippen LogP contribution < -0.4 is 10.2 Å². The van der Waals surface area contributed by atoms with Crippen molar-refractivity contribution in [2.75, 3.05) is 19.0 Å². The lowest BCUT2D eigenvalue weighted by atomic mass is 9.87. The number of hydrogen-bond acceptors (Lipinski definition) is 4. The van der Waals surface area contributed by atoms with Gasteiger partial charge < -0.3 is 10.2 Å². The number of hydrogen-bond donors (Lipinski definition) is 1. The van der Waals surface area contributed by atoms with Crippen molar-refractivity contribution in [3.05, 3.63) is 10.6 Å². The van der Waals surface area contributed by atoms with Crippen LogP contribution in [-0.2, 0) is 6.54 Å². The molecule has 0 amide bonds. The van der Waals surface area contributed by atoms with Crippen molar-refractivity contribution in [1.29, 1.82) is 0 Å². The lowest BCUT2D eigenvalue weighted by Crippen LogP contribution is -2.39. The Hall–Kier alpha value is -0.610. The largest absolute Gasteiger partial charge is 0.348 e. The van der Waals surface area contributed by atoms with E-state index >= 15 is 0 Å². The molecule has 19 heavy (non-hydrogen) atoms. The summed E-state index contributed by atoms with van der Waals surface area (Å²) >= 11 is 1.82. The Morgan fingerprint density at radius 3 is 2.26 bits per heavy atom. The van der Waals surface area contributed by atoms with Gasteiger partial charge in [0.05, 0.1) is 5.69 Å². The molecule has 1 aromatic rings. The number of rotatable bonds is 5. The predicted molar refractivity (Wildman–Crippen MR) is 86.3 cm³/mol. The van der Waals surface area contributed by atoms with Crippen LogP contribution in [0.2, 0.25) is 0 Å². The van der Waals surface area contributed by atoms with Crippen molar-refractivity contribution in [3.8, 4) is 0 Å². The summed E-state index contributed by atoms with van der Waals surface area (Å²) in [6.45, 7) is 14.4. The maximum Gasteiger partial charge on any atom is 0.185 e. The summed E-state index contributed by atoms with van der Waals surface area (Å²) < 4.78 is 0. The molecule has 1 unspecified atom stereocenters. The summed E-state index contributed by atoms with van der Waals surface area (Å²) in [6.07, 6.45) is 0. The van der Waals surface area contributed by atoms with E-state index in [0.29, 0.717) is 12.0 Å². The minimum absolute atomic E-state index is 0.252. The van der Waals surface area contributed by atoms with Crippen molar-refractivity contribution in [2.24, 2.45) is 5.41 Å². The molecule has 3 nitrogen and oxygen atoms in total. The van der Waals surface area contributed by atoms with Crippen LogP contribution in [0.1, 0.15) is 58.0 Å². The van der Waals surface area contributed by atoms with Gasteiger partial charge in [0.25, 0.3) is 0 Å². The van der Waals surface area contributed by atoms with Crippen LogP contribution in [0.4, 0.5) is 5.13 Å². The predicted octanol–water partition coefficient (Wildman–Crippen LogP) is 3.86. The number of anilines is 1. The molecule has 0 aliphatic rings. The minimum Gasteiger partial charge on any atom is -0.348 e. The highest BCUT2D eigenvalue weighted by molar-refractivity contribution is 7.15. The molecule has 1 atom stereocenters. The first-order valence-electron chi connectivity index (χ1n) is 7.05. The van der Waals surface area contributed by atoms with Gasteiger partial charge in [0.15, 0.2) is 5.13 Å². The number of thiazole rings is 1. The van der Waals surface area contributed by atoms with E-state index in [4.69, 9.17) is 4.98 Å². The van der Waals surface area contributed by atoms with Gasteiger partial charge >= 0.3 is 0 Å². The third-order valence-electron chi connectivity index (χ3n) is 3.74. The highest BCUT2D eigenvalue weighted by atomic mass is 32.1. The first kappa shape index (κ1) is 16.4. The highest BCUT2D eigenvalue weighted by Crippen LogP contribution is 2.34. The molecule has 0 fully saturated rings. The lowest BCUT2D eigenvalue weighted by molar-refractivity contribution is 0.329. The van der Waals surface area contributed by atoms with E-state index in [9.17, 15) is 0 Å². The normalized spacial score (nSPS) is 13.9. The summed E-state index contributed by atoms with van der Waals surface area (Å²) in [5.41, 5.74) is 1.49. The SMILES string of the molecule is CNCc1sc(N(C)C(C)C(C)(C)C)nc1C(C)C. The summed E-state index contributed by atoms with van der Waals surface area (Å²) in [4.78, 5) is 8.54. The van der Waals surface area contributed by atoms with Crippen LogP contribution >= 0.6 is 11.3 Å². The fourth-order valence-electron chi connectivity index (χ4n) is 1.99. The third-order valence-corrected chi connectivity index (χ3v) is 4.90. The van der Waals surface area contributed by atoms with E-state index in [1.807, 2.05) is 18.4 Å². The lowest BCUT2D eigenvalue weighted by Gasteiger charge is -2.35. The van der Waals surface area contributed by atoms with Gasteiger partial charge in [0, 0.05) is 24.5 Å². The van der Waals surface area contributed by atoms with Crippen LogP contribution in [0.25, 0.3) is 0 Å². The minimum atomic E-state index is 0.252. The maximum atomic E-state index is 4.87. The van der Waals surface area contributed by atoms with Gasteiger partial charge in [-0.1, -0.05) is 34.6 Å².